The largest absolute Gasteiger partial charge is 0.396 e. The topological polar surface area (TPSA) is 87.8 Å². The number of imidazole rings is 1. The van der Waals surface area contributed by atoms with Gasteiger partial charge in [-0.15, -0.1) is 0 Å². The van der Waals surface area contributed by atoms with Crippen molar-refractivity contribution in [2.45, 2.75) is 19.8 Å². The standard InChI is InChI=1S/C14H16N4O/c1-8-4-5-9-10(7-8)16-14(15)13-12(9)17-11(18-13)3-2-6-19/h4-5,7,19H,2-3,6H2,1H3,(H2,15,16)(H,17,18). The number of pyridine rings is 1. The minimum atomic E-state index is 0.157. The highest BCUT2D eigenvalue weighted by Crippen LogP contribution is 2.26. The second-order valence-electron chi connectivity index (χ2n) is 4.75. The van der Waals surface area contributed by atoms with Crippen molar-refractivity contribution in [2.75, 3.05) is 12.3 Å². The lowest BCUT2D eigenvalue weighted by atomic mass is 10.1. The van der Waals surface area contributed by atoms with E-state index < -0.39 is 0 Å². The lowest BCUT2D eigenvalue weighted by Gasteiger charge is -2.02. The number of nitrogen functional groups attached to an aromatic ring is 1. The molecule has 4 N–H and O–H groups in total. The summed E-state index contributed by atoms with van der Waals surface area (Å²) in [6.07, 6.45) is 1.39. The fraction of sp³-hybridized carbons (Fsp3) is 0.286. The Balaban J connectivity index is 2.24. The molecule has 0 aliphatic carbocycles. The van der Waals surface area contributed by atoms with Gasteiger partial charge in [-0.2, -0.15) is 0 Å². The molecule has 0 aliphatic heterocycles. The van der Waals surface area contributed by atoms with Crippen molar-refractivity contribution >= 4 is 27.8 Å². The van der Waals surface area contributed by atoms with Crippen LogP contribution in [0.4, 0.5) is 5.82 Å². The number of aryl methyl sites for hydroxylation is 2. The van der Waals surface area contributed by atoms with Crippen LogP contribution in [0.25, 0.3) is 21.9 Å². The molecule has 2 heterocycles. The van der Waals surface area contributed by atoms with Crippen molar-refractivity contribution < 1.29 is 5.11 Å². The molecule has 2 aromatic heterocycles. The van der Waals surface area contributed by atoms with Crippen LogP contribution in [-0.4, -0.2) is 26.7 Å². The summed E-state index contributed by atoms with van der Waals surface area (Å²) in [5, 5.41) is 9.91. The minimum absolute atomic E-state index is 0.157. The van der Waals surface area contributed by atoms with Gasteiger partial charge < -0.3 is 15.8 Å². The smallest absolute Gasteiger partial charge is 0.152 e. The number of nitrogens with two attached hydrogens (primary N) is 1. The van der Waals surface area contributed by atoms with Crippen molar-refractivity contribution in [3.05, 3.63) is 29.6 Å². The zero-order valence-electron chi connectivity index (χ0n) is 10.8. The summed E-state index contributed by atoms with van der Waals surface area (Å²) in [7, 11) is 0. The molecule has 98 valence electrons. The second-order valence-corrected chi connectivity index (χ2v) is 4.75. The Hall–Kier alpha value is -2.14. The van der Waals surface area contributed by atoms with E-state index in [2.05, 4.69) is 15.0 Å². The first-order valence-electron chi connectivity index (χ1n) is 6.34. The number of aromatic nitrogens is 3. The van der Waals surface area contributed by atoms with E-state index in [1.807, 2.05) is 25.1 Å². The van der Waals surface area contributed by atoms with Crippen molar-refractivity contribution in [2.24, 2.45) is 0 Å². The number of fused-ring (bicyclic) bond motifs is 3. The number of hydrogen-bond acceptors (Lipinski definition) is 4. The van der Waals surface area contributed by atoms with E-state index in [9.17, 15) is 0 Å². The highest BCUT2D eigenvalue weighted by Gasteiger charge is 2.11. The van der Waals surface area contributed by atoms with Gasteiger partial charge in [-0.05, 0) is 25.0 Å². The summed E-state index contributed by atoms with van der Waals surface area (Å²) in [6.45, 7) is 2.19. The Morgan fingerprint density at radius 3 is 2.95 bits per heavy atom. The summed E-state index contributed by atoms with van der Waals surface area (Å²) in [5.74, 6) is 1.28. The lowest BCUT2D eigenvalue weighted by molar-refractivity contribution is 0.287. The van der Waals surface area contributed by atoms with Crippen LogP contribution in [0.5, 0.6) is 0 Å². The van der Waals surface area contributed by atoms with Crippen molar-refractivity contribution in [1.29, 1.82) is 0 Å². The van der Waals surface area contributed by atoms with E-state index in [0.29, 0.717) is 24.2 Å². The number of nitrogens with one attached hydrogen (secondary N) is 1. The van der Waals surface area contributed by atoms with Crippen LogP contribution < -0.4 is 5.73 Å². The maximum Gasteiger partial charge on any atom is 0.152 e. The second kappa shape index (κ2) is 4.51. The van der Waals surface area contributed by atoms with Crippen molar-refractivity contribution in [1.82, 2.24) is 15.0 Å². The number of nitrogens with zero attached hydrogens (tertiary/aromatic N) is 2. The number of rotatable bonds is 3. The average molecular weight is 256 g/mol. The molecule has 0 fully saturated rings. The van der Waals surface area contributed by atoms with E-state index in [1.165, 1.54) is 0 Å². The Labute approximate surface area is 110 Å². The zero-order valence-corrected chi connectivity index (χ0v) is 10.8. The van der Waals surface area contributed by atoms with E-state index in [1.54, 1.807) is 0 Å². The van der Waals surface area contributed by atoms with E-state index in [-0.39, 0.29) is 6.61 Å². The molecular formula is C14H16N4O. The third-order valence-corrected chi connectivity index (χ3v) is 3.23. The first-order valence-corrected chi connectivity index (χ1v) is 6.34. The van der Waals surface area contributed by atoms with Gasteiger partial charge in [0.1, 0.15) is 11.3 Å². The predicted molar refractivity (Wildman–Crippen MR) is 76.0 cm³/mol. The lowest BCUT2D eigenvalue weighted by Crippen LogP contribution is -1.93. The Kier molecular flexibility index (Phi) is 2.83. The molecule has 1 aromatic carbocycles. The molecule has 0 spiro atoms. The molecule has 3 rings (SSSR count). The van der Waals surface area contributed by atoms with E-state index >= 15 is 0 Å². The van der Waals surface area contributed by atoms with Crippen LogP contribution in [-0.2, 0) is 6.42 Å². The molecule has 0 saturated carbocycles. The molecule has 3 aromatic rings. The third kappa shape index (κ3) is 2.02. The SMILES string of the molecule is Cc1ccc2c(c1)nc(N)c1nc(CCCO)[nH]c12. The number of hydrogen-bond donors (Lipinski definition) is 3. The van der Waals surface area contributed by atoms with E-state index in [0.717, 1.165) is 27.8 Å². The van der Waals surface area contributed by atoms with Crippen LogP contribution in [0.3, 0.4) is 0 Å². The van der Waals surface area contributed by atoms with Gasteiger partial charge in [0, 0.05) is 18.4 Å². The van der Waals surface area contributed by atoms with Crippen molar-refractivity contribution in [3.63, 3.8) is 0 Å². The summed E-state index contributed by atoms with van der Waals surface area (Å²) in [4.78, 5) is 12.2. The summed E-state index contributed by atoms with van der Waals surface area (Å²) >= 11 is 0. The molecule has 0 amide bonds. The summed E-state index contributed by atoms with van der Waals surface area (Å²) < 4.78 is 0. The number of anilines is 1. The molecule has 0 saturated heterocycles. The maximum atomic E-state index is 8.88. The maximum absolute atomic E-state index is 8.88. The van der Waals surface area contributed by atoms with Crippen LogP contribution in [0.1, 0.15) is 17.8 Å². The molecule has 5 nitrogen and oxygen atoms in total. The van der Waals surface area contributed by atoms with Crippen molar-refractivity contribution in [3.8, 4) is 0 Å². The molecule has 5 heteroatoms. The van der Waals surface area contributed by atoms with Gasteiger partial charge >= 0.3 is 0 Å². The monoisotopic (exact) mass is 256 g/mol. The summed E-state index contributed by atoms with van der Waals surface area (Å²) in [6, 6.07) is 6.10. The number of aliphatic hydroxyl groups excluding tert-OH is 1. The molecular weight excluding hydrogens is 240 g/mol. The fourth-order valence-electron chi connectivity index (χ4n) is 2.30. The minimum Gasteiger partial charge on any atom is -0.396 e. The quantitative estimate of drug-likeness (QED) is 0.668. The van der Waals surface area contributed by atoms with E-state index in [4.69, 9.17) is 10.8 Å². The Morgan fingerprint density at radius 1 is 1.32 bits per heavy atom. The number of aliphatic hydroxyl groups is 1. The molecule has 0 unspecified atom stereocenters. The highest BCUT2D eigenvalue weighted by molar-refractivity contribution is 6.06. The Bertz CT molecular complexity index is 748. The number of aromatic amines is 1. The first-order chi connectivity index (χ1) is 9.19. The zero-order chi connectivity index (χ0) is 13.4. The van der Waals surface area contributed by atoms with Gasteiger partial charge in [0.25, 0.3) is 0 Å². The highest BCUT2D eigenvalue weighted by atomic mass is 16.2. The number of H-pyrrole nitrogens is 1. The first kappa shape index (κ1) is 11.9. The van der Waals surface area contributed by atoms with Gasteiger partial charge in [0.2, 0.25) is 0 Å². The molecule has 0 atom stereocenters. The average Bonchev–Trinajstić information content (AvgIpc) is 2.81. The Morgan fingerprint density at radius 2 is 2.16 bits per heavy atom. The van der Waals surface area contributed by atoms with Gasteiger partial charge in [-0.25, -0.2) is 9.97 Å². The van der Waals surface area contributed by atoms with Crippen LogP contribution in [0, 0.1) is 6.92 Å². The fourth-order valence-corrected chi connectivity index (χ4v) is 2.30. The van der Waals surface area contributed by atoms with Crippen LogP contribution in [0.2, 0.25) is 0 Å². The van der Waals surface area contributed by atoms with Gasteiger partial charge in [0.05, 0.1) is 11.0 Å². The number of benzene rings is 1. The summed E-state index contributed by atoms with van der Waals surface area (Å²) in [5.41, 5.74) is 9.64. The molecule has 0 radical (unpaired) electrons. The molecule has 0 bridgehead atoms. The molecule has 19 heavy (non-hydrogen) atoms. The molecule has 0 aliphatic rings. The third-order valence-electron chi connectivity index (χ3n) is 3.23. The van der Waals surface area contributed by atoms with Crippen LogP contribution in [0.15, 0.2) is 18.2 Å². The normalized spacial score (nSPS) is 11.5. The van der Waals surface area contributed by atoms with Gasteiger partial charge in [0.15, 0.2) is 5.82 Å². The van der Waals surface area contributed by atoms with Crippen LogP contribution >= 0.6 is 0 Å². The predicted octanol–water partition coefficient (Wildman–Crippen LogP) is 1.93. The van der Waals surface area contributed by atoms with Gasteiger partial charge in [-0.1, -0.05) is 12.1 Å². The van der Waals surface area contributed by atoms with Gasteiger partial charge in [-0.3, -0.25) is 0 Å².